The number of carbonyl (C=O) groups excluding carboxylic acids is 1. The molecule has 1 atom stereocenters. The van der Waals surface area contributed by atoms with E-state index in [4.69, 9.17) is 11.6 Å². The average Bonchev–Trinajstić information content (AvgIpc) is 2.12. The van der Waals surface area contributed by atoms with Gasteiger partial charge in [0.2, 0.25) is 0 Å². The van der Waals surface area contributed by atoms with Crippen molar-refractivity contribution < 1.29 is 9.18 Å². The number of hydrogen-bond donors (Lipinski definition) is 0. The molecule has 4 heteroatoms. The summed E-state index contributed by atoms with van der Waals surface area (Å²) in [5, 5.41) is 0.177. The number of Topliss-reactive ketones (excluding diaryl/α,β-unsaturated/α-hetero) is 1. The van der Waals surface area contributed by atoms with Crippen LogP contribution in [0.5, 0.6) is 0 Å². The second kappa shape index (κ2) is 3.17. The maximum absolute atomic E-state index is 13.0. The molecule has 1 aromatic rings. The number of carbonyl (C=O) groups is 1. The predicted octanol–water partition coefficient (Wildman–Crippen LogP) is 3.01. The zero-order chi connectivity index (χ0) is 10.3. The third-order valence-corrected chi connectivity index (χ3v) is 2.42. The molecule has 0 saturated heterocycles. The van der Waals surface area contributed by atoms with Crippen LogP contribution in [0, 0.1) is 11.7 Å². The Morgan fingerprint density at radius 3 is 2.93 bits per heavy atom. The normalized spacial score (nSPS) is 19.6. The summed E-state index contributed by atoms with van der Waals surface area (Å²) in [5.74, 6) is -0.955. The Bertz CT molecular complexity index is 442. The highest BCUT2D eigenvalue weighted by atomic mass is 35.5. The average molecular weight is 212 g/mol. The van der Waals surface area contributed by atoms with Crippen molar-refractivity contribution in [2.24, 2.45) is 10.9 Å². The Labute approximate surface area is 85.4 Å². The van der Waals surface area contributed by atoms with Crippen LogP contribution in [0.25, 0.3) is 0 Å². The van der Waals surface area contributed by atoms with Gasteiger partial charge < -0.3 is 0 Å². The van der Waals surface area contributed by atoms with Gasteiger partial charge in [-0.1, -0.05) is 18.5 Å². The summed E-state index contributed by atoms with van der Waals surface area (Å²) < 4.78 is 13.0. The Kier molecular flexibility index (Phi) is 2.11. The van der Waals surface area contributed by atoms with E-state index in [9.17, 15) is 9.18 Å². The predicted molar refractivity (Wildman–Crippen MR) is 53.1 cm³/mol. The lowest BCUT2D eigenvalue weighted by molar-refractivity contribution is 0.0962. The zero-order valence-corrected chi connectivity index (χ0v) is 8.18. The van der Waals surface area contributed by atoms with Crippen LogP contribution in [0.15, 0.2) is 17.1 Å². The van der Waals surface area contributed by atoms with Gasteiger partial charge in [-0.05, 0) is 12.1 Å². The van der Waals surface area contributed by atoms with Crippen LogP contribution in [0.2, 0.25) is 5.02 Å². The molecule has 14 heavy (non-hydrogen) atoms. The van der Waals surface area contributed by atoms with E-state index >= 15 is 0 Å². The van der Waals surface area contributed by atoms with E-state index in [-0.39, 0.29) is 22.3 Å². The fourth-order valence-electron chi connectivity index (χ4n) is 1.38. The number of rotatable bonds is 0. The van der Waals surface area contributed by atoms with Gasteiger partial charge in [0.05, 0.1) is 16.6 Å². The molecular formula is C10H7ClFNO. The SMILES string of the molecule is CC1C=Nc2c(Cl)cc(F)cc2C1=O. The lowest BCUT2D eigenvalue weighted by Gasteiger charge is -2.14. The van der Waals surface area contributed by atoms with Crippen LogP contribution in [0.1, 0.15) is 17.3 Å². The summed E-state index contributed by atoms with van der Waals surface area (Å²) in [6.45, 7) is 1.72. The van der Waals surface area contributed by atoms with Crippen LogP contribution >= 0.6 is 11.6 Å². The van der Waals surface area contributed by atoms with E-state index in [0.717, 1.165) is 6.07 Å². The molecule has 1 heterocycles. The molecule has 0 spiro atoms. The van der Waals surface area contributed by atoms with Gasteiger partial charge in [-0.25, -0.2) is 4.39 Å². The number of fused-ring (bicyclic) bond motifs is 1. The number of ketones is 1. The summed E-state index contributed by atoms with van der Waals surface area (Å²) in [4.78, 5) is 15.6. The summed E-state index contributed by atoms with van der Waals surface area (Å²) in [5.41, 5.74) is 0.640. The molecule has 1 unspecified atom stereocenters. The molecule has 0 aliphatic carbocycles. The molecule has 2 nitrogen and oxygen atoms in total. The molecule has 2 rings (SSSR count). The van der Waals surface area contributed by atoms with E-state index in [2.05, 4.69) is 4.99 Å². The molecule has 0 bridgehead atoms. The fraction of sp³-hybridized carbons (Fsp3) is 0.200. The standard InChI is InChI=1S/C10H7ClFNO/c1-5-4-13-9-7(10(5)14)2-6(12)3-8(9)11/h2-5H,1H3. The van der Waals surface area contributed by atoms with E-state index in [0.29, 0.717) is 5.69 Å². The third-order valence-electron chi connectivity index (χ3n) is 2.13. The minimum absolute atomic E-state index is 0.142. The second-order valence-electron chi connectivity index (χ2n) is 3.21. The van der Waals surface area contributed by atoms with Gasteiger partial charge in [0, 0.05) is 11.8 Å². The van der Waals surface area contributed by atoms with Crippen molar-refractivity contribution in [3.05, 3.63) is 28.5 Å². The molecule has 0 aromatic heterocycles. The minimum Gasteiger partial charge on any atom is -0.293 e. The number of halogens is 2. The quantitative estimate of drug-likeness (QED) is 0.649. The zero-order valence-electron chi connectivity index (χ0n) is 7.42. The van der Waals surface area contributed by atoms with Crippen LogP contribution < -0.4 is 0 Å². The number of hydrogen-bond acceptors (Lipinski definition) is 2. The molecular weight excluding hydrogens is 205 g/mol. The highest BCUT2D eigenvalue weighted by Gasteiger charge is 2.23. The first-order valence-electron chi connectivity index (χ1n) is 4.17. The molecule has 1 aliphatic rings. The Hall–Kier alpha value is -1.22. The summed E-state index contributed by atoms with van der Waals surface area (Å²) in [6.07, 6.45) is 1.52. The maximum atomic E-state index is 13.0. The van der Waals surface area contributed by atoms with Crippen molar-refractivity contribution in [2.75, 3.05) is 0 Å². The molecule has 0 saturated carbocycles. The fourth-order valence-corrected chi connectivity index (χ4v) is 1.64. The lowest BCUT2D eigenvalue weighted by atomic mass is 9.96. The Morgan fingerprint density at radius 2 is 2.21 bits per heavy atom. The summed E-state index contributed by atoms with van der Waals surface area (Å²) in [6, 6.07) is 2.33. The van der Waals surface area contributed by atoms with Crippen LogP contribution in [-0.2, 0) is 0 Å². The molecule has 0 amide bonds. The minimum atomic E-state index is -0.508. The van der Waals surface area contributed by atoms with Gasteiger partial charge in [-0.2, -0.15) is 0 Å². The lowest BCUT2D eigenvalue weighted by Crippen LogP contribution is -2.16. The van der Waals surface area contributed by atoms with E-state index in [1.165, 1.54) is 12.3 Å². The van der Waals surface area contributed by atoms with E-state index in [1.807, 2.05) is 0 Å². The van der Waals surface area contributed by atoms with E-state index < -0.39 is 5.82 Å². The van der Waals surface area contributed by atoms with Gasteiger partial charge in [0.25, 0.3) is 0 Å². The largest absolute Gasteiger partial charge is 0.293 e. The van der Waals surface area contributed by atoms with Gasteiger partial charge in [0.1, 0.15) is 5.82 Å². The molecule has 0 N–H and O–H groups in total. The van der Waals surface area contributed by atoms with Crippen LogP contribution in [0.4, 0.5) is 10.1 Å². The first-order valence-corrected chi connectivity index (χ1v) is 4.55. The van der Waals surface area contributed by atoms with Gasteiger partial charge in [-0.3, -0.25) is 9.79 Å². The second-order valence-corrected chi connectivity index (χ2v) is 3.62. The van der Waals surface area contributed by atoms with E-state index in [1.54, 1.807) is 6.92 Å². The van der Waals surface area contributed by atoms with Crippen LogP contribution in [-0.4, -0.2) is 12.0 Å². The highest BCUT2D eigenvalue weighted by Crippen LogP contribution is 2.34. The Morgan fingerprint density at radius 1 is 1.50 bits per heavy atom. The first kappa shape index (κ1) is 9.34. The van der Waals surface area contributed by atoms with Crippen LogP contribution in [0.3, 0.4) is 0 Å². The highest BCUT2D eigenvalue weighted by molar-refractivity contribution is 6.34. The molecule has 0 radical (unpaired) electrons. The molecule has 72 valence electrons. The monoisotopic (exact) mass is 211 g/mol. The van der Waals surface area contributed by atoms with Gasteiger partial charge in [0.15, 0.2) is 5.78 Å². The first-order chi connectivity index (χ1) is 6.59. The summed E-state index contributed by atoms with van der Waals surface area (Å²) in [7, 11) is 0. The maximum Gasteiger partial charge on any atom is 0.173 e. The van der Waals surface area contributed by atoms with Crippen molar-refractivity contribution in [1.82, 2.24) is 0 Å². The number of benzene rings is 1. The number of aliphatic imine (C=N–C) groups is 1. The van der Waals surface area contributed by atoms with Crippen molar-refractivity contribution in [2.45, 2.75) is 6.92 Å². The third kappa shape index (κ3) is 1.34. The topological polar surface area (TPSA) is 29.4 Å². The Balaban J connectivity index is 2.68. The smallest absolute Gasteiger partial charge is 0.173 e. The van der Waals surface area contributed by atoms with Crippen molar-refractivity contribution in [3.8, 4) is 0 Å². The van der Waals surface area contributed by atoms with Crippen molar-refractivity contribution in [3.63, 3.8) is 0 Å². The molecule has 0 fully saturated rings. The van der Waals surface area contributed by atoms with Gasteiger partial charge >= 0.3 is 0 Å². The number of nitrogens with zero attached hydrogens (tertiary/aromatic N) is 1. The molecule has 1 aromatic carbocycles. The summed E-state index contributed by atoms with van der Waals surface area (Å²) >= 11 is 5.75. The van der Waals surface area contributed by atoms with Crippen molar-refractivity contribution >= 4 is 29.3 Å². The van der Waals surface area contributed by atoms with Gasteiger partial charge in [-0.15, -0.1) is 0 Å². The van der Waals surface area contributed by atoms with Crippen molar-refractivity contribution in [1.29, 1.82) is 0 Å². The molecule has 1 aliphatic heterocycles.